The van der Waals surface area contributed by atoms with Crippen LogP contribution in [0.4, 0.5) is 0 Å². The van der Waals surface area contributed by atoms with Gasteiger partial charge in [-0.05, 0) is 37.5 Å². The molecule has 1 heterocycles. The molecular formula is C18H24N2O2. The first-order valence-corrected chi connectivity index (χ1v) is 7.82. The number of aromatic nitrogens is 1. The number of rotatable bonds is 6. The number of carbonyl (C=O) groups is 1. The standard InChI is InChI=1S/C18H24N2O2/c1-4-7-14(21)11-19-18(22)10-16-12(2)15-8-5-6-9-17(15)20-13(16)3/h5-6,8-9,14,21H,4,7,10-11H2,1-3H3,(H,19,22). The van der Waals surface area contributed by atoms with Crippen LogP contribution in [0.1, 0.15) is 36.6 Å². The number of aryl methyl sites for hydroxylation is 2. The molecule has 0 spiro atoms. The highest BCUT2D eigenvalue weighted by Crippen LogP contribution is 2.22. The summed E-state index contributed by atoms with van der Waals surface area (Å²) < 4.78 is 0. The summed E-state index contributed by atoms with van der Waals surface area (Å²) in [6, 6.07) is 7.97. The van der Waals surface area contributed by atoms with E-state index < -0.39 is 6.10 Å². The summed E-state index contributed by atoms with van der Waals surface area (Å²) >= 11 is 0. The fraction of sp³-hybridized carbons (Fsp3) is 0.444. The molecule has 1 aromatic carbocycles. The van der Waals surface area contributed by atoms with Crippen molar-refractivity contribution in [3.63, 3.8) is 0 Å². The highest BCUT2D eigenvalue weighted by molar-refractivity contribution is 5.86. The topological polar surface area (TPSA) is 62.2 Å². The number of pyridine rings is 1. The van der Waals surface area contributed by atoms with Crippen LogP contribution in [-0.4, -0.2) is 28.6 Å². The molecule has 1 amide bonds. The first-order chi connectivity index (χ1) is 10.5. The van der Waals surface area contributed by atoms with Crippen molar-refractivity contribution in [2.75, 3.05) is 6.54 Å². The second-order valence-electron chi connectivity index (χ2n) is 5.74. The normalized spacial score (nSPS) is 12.4. The van der Waals surface area contributed by atoms with Gasteiger partial charge in [0.2, 0.25) is 5.91 Å². The van der Waals surface area contributed by atoms with Crippen LogP contribution in [0.15, 0.2) is 24.3 Å². The molecule has 0 aliphatic heterocycles. The molecule has 2 aromatic rings. The van der Waals surface area contributed by atoms with Crippen molar-refractivity contribution < 1.29 is 9.90 Å². The van der Waals surface area contributed by atoms with E-state index in [0.717, 1.165) is 34.1 Å². The van der Waals surface area contributed by atoms with Gasteiger partial charge in [0.1, 0.15) is 0 Å². The van der Waals surface area contributed by atoms with Gasteiger partial charge in [0.15, 0.2) is 0 Å². The van der Waals surface area contributed by atoms with Crippen LogP contribution < -0.4 is 5.32 Å². The van der Waals surface area contributed by atoms with E-state index in [0.29, 0.717) is 19.4 Å². The van der Waals surface area contributed by atoms with Gasteiger partial charge < -0.3 is 10.4 Å². The van der Waals surface area contributed by atoms with Crippen LogP contribution >= 0.6 is 0 Å². The zero-order valence-corrected chi connectivity index (χ0v) is 13.5. The number of nitrogens with one attached hydrogen (secondary N) is 1. The van der Waals surface area contributed by atoms with Crippen LogP contribution in [0.25, 0.3) is 10.9 Å². The molecule has 0 saturated carbocycles. The molecule has 1 unspecified atom stereocenters. The minimum absolute atomic E-state index is 0.0709. The lowest BCUT2D eigenvalue weighted by atomic mass is 9.99. The lowest BCUT2D eigenvalue weighted by molar-refractivity contribution is -0.120. The van der Waals surface area contributed by atoms with Gasteiger partial charge in [-0.1, -0.05) is 31.5 Å². The molecule has 2 rings (SSSR count). The van der Waals surface area contributed by atoms with Gasteiger partial charge >= 0.3 is 0 Å². The van der Waals surface area contributed by atoms with E-state index >= 15 is 0 Å². The predicted molar refractivity (Wildman–Crippen MR) is 88.8 cm³/mol. The lowest BCUT2D eigenvalue weighted by Gasteiger charge is -2.14. The van der Waals surface area contributed by atoms with Crippen molar-refractivity contribution in [3.8, 4) is 0 Å². The molecule has 0 aliphatic rings. The SMILES string of the molecule is CCCC(O)CNC(=O)Cc1c(C)nc2ccccc2c1C. The number of amides is 1. The highest BCUT2D eigenvalue weighted by Gasteiger charge is 2.13. The van der Waals surface area contributed by atoms with Gasteiger partial charge in [0.25, 0.3) is 0 Å². The van der Waals surface area contributed by atoms with Gasteiger partial charge in [0, 0.05) is 17.6 Å². The first-order valence-electron chi connectivity index (χ1n) is 7.82. The van der Waals surface area contributed by atoms with Crippen LogP contribution in [0.2, 0.25) is 0 Å². The van der Waals surface area contributed by atoms with E-state index in [1.54, 1.807) is 0 Å². The maximum atomic E-state index is 12.1. The van der Waals surface area contributed by atoms with Crippen molar-refractivity contribution >= 4 is 16.8 Å². The predicted octanol–water partition coefficient (Wildman–Crippen LogP) is 2.67. The summed E-state index contributed by atoms with van der Waals surface area (Å²) in [6.45, 7) is 6.30. The van der Waals surface area contributed by atoms with Gasteiger partial charge in [-0.2, -0.15) is 0 Å². The second kappa shape index (κ2) is 7.36. The molecule has 0 saturated heterocycles. The molecular weight excluding hydrogens is 276 g/mol. The third-order valence-corrected chi connectivity index (χ3v) is 3.98. The largest absolute Gasteiger partial charge is 0.391 e. The lowest BCUT2D eigenvalue weighted by Crippen LogP contribution is -2.33. The van der Waals surface area contributed by atoms with Gasteiger partial charge in [-0.25, -0.2) is 0 Å². The fourth-order valence-corrected chi connectivity index (χ4v) is 2.72. The molecule has 22 heavy (non-hydrogen) atoms. The number of carbonyl (C=O) groups excluding carboxylic acids is 1. The summed E-state index contributed by atoms with van der Waals surface area (Å²) in [5.41, 5.74) is 3.93. The Labute approximate surface area is 131 Å². The Bertz CT molecular complexity index is 667. The summed E-state index contributed by atoms with van der Waals surface area (Å²) in [6.07, 6.45) is 1.44. The van der Waals surface area contributed by atoms with Crippen LogP contribution in [0.5, 0.6) is 0 Å². The Morgan fingerprint density at radius 1 is 1.32 bits per heavy atom. The molecule has 0 fully saturated rings. The Kier molecular flexibility index (Phi) is 5.50. The molecule has 2 N–H and O–H groups in total. The monoisotopic (exact) mass is 300 g/mol. The summed E-state index contributed by atoms with van der Waals surface area (Å²) in [7, 11) is 0. The average Bonchev–Trinajstić information content (AvgIpc) is 2.50. The molecule has 0 bridgehead atoms. The highest BCUT2D eigenvalue weighted by atomic mass is 16.3. The average molecular weight is 300 g/mol. The van der Waals surface area contributed by atoms with Crippen LogP contribution in [0, 0.1) is 13.8 Å². The fourth-order valence-electron chi connectivity index (χ4n) is 2.72. The zero-order chi connectivity index (χ0) is 16.1. The number of para-hydroxylation sites is 1. The van der Waals surface area contributed by atoms with E-state index in [9.17, 15) is 9.90 Å². The number of fused-ring (bicyclic) bond motifs is 1. The van der Waals surface area contributed by atoms with Gasteiger partial charge in [-0.3, -0.25) is 9.78 Å². The molecule has 1 atom stereocenters. The van der Waals surface area contributed by atoms with E-state index in [2.05, 4.69) is 10.3 Å². The smallest absolute Gasteiger partial charge is 0.224 e. The number of benzene rings is 1. The summed E-state index contributed by atoms with van der Waals surface area (Å²) in [5, 5.41) is 13.6. The van der Waals surface area contributed by atoms with Crippen molar-refractivity contribution in [2.45, 2.75) is 46.1 Å². The number of hydrogen-bond donors (Lipinski definition) is 2. The van der Waals surface area contributed by atoms with Crippen molar-refractivity contribution in [1.29, 1.82) is 0 Å². The number of aliphatic hydroxyl groups excluding tert-OH is 1. The number of hydrogen-bond acceptors (Lipinski definition) is 3. The minimum Gasteiger partial charge on any atom is -0.391 e. The molecule has 0 radical (unpaired) electrons. The van der Waals surface area contributed by atoms with Gasteiger partial charge in [-0.15, -0.1) is 0 Å². The van der Waals surface area contributed by atoms with Crippen LogP contribution in [-0.2, 0) is 11.2 Å². The van der Waals surface area contributed by atoms with Crippen molar-refractivity contribution in [2.24, 2.45) is 0 Å². The summed E-state index contributed by atoms with van der Waals surface area (Å²) in [4.78, 5) is 16.7. The number of aliphatic hydroxyl groups is 1. The molecule has 4 heteroatoms. The van der Waals surface area contributed by atoms with Crippen molar-refractivity contribution in [1.82, 2.24) is 10.3 Å². The Morgan fingerprint density at radius 2 is 2.05 bits per heavy atom. The van der Waals surface area contributed by atoms with E-state index in [1.165, 1.54) is 0 Å². The Morgan fingerprint density at radius 3 is 2.77 bits per heavy atom. The van der Waals surface area contributed by atoms with E-state index in [4.69, 9.17) is 0 Å². The van der Waals surface area contributed by atoms with Crippen molar-refractivity contribution in [3.05, 3.63) is 41.1 Å². The first kappa shape index (κ1) is 16.4. The molecule has 1 aromatic heterocycles. The van der Waals surface area contributed by atoms with Crippen LogP contribution in [0.3, 0.4) is 0 Å². The molecule has 0 aliphatic carbocycles. The Hall–Kier alpha value is -1.94. The maximum Gasteiger partial charge on any atom is 0.224 e. The molecule has 118 valence electrons. The van der Waals surface area contributed by atoms with Gasteiger partial charge in [0.05, 0.1) is 18.0 Å². The Balaban J connectivity index is 2.12. The maximum absolute atomic E-state index is 12.1. The van der Waals surface area contributed by atoms with E-state index in [-0.39, 0.29) is 5.91 Å². The third-order valence-electron chi connectivity index (χ3n) is 3.98. The molecule has 4 nitrogen and oxygen atoms in total. The van der Waals surface area contributed by atoms with E-state index in [1.807, 2.05) is 45.0 Å². The quantitative estimate of drug-likeness (QED) is 0.862. The summed E-state index contributed by atoms with van der Waals surface area (Å²) in [5.74, 6) is -0.0709. The third kappa shape index (κ3) is 3.83. The second-order valence-corrected chi connectivity index (χ2v) is 5.74. The zero-order valence-electron chi connectivity index (χ0n) is 13.5. The minimum atomic E-state index is -0.467. The number of nitrogens with zero attached hydrogens (tertiary/aromatic N) is 1.